The second kappa shape index (κ2) is 3.46. The minimum absolute atomic E-state index is 0.678. The molecule has 3 rings (SSSR count). The molecular formula is C13H16N2. The van der Waals surface area contributed by atoms with E-state index < -0.39 is 0 Å². The second-order valence-corrected chi connectivity index (χ2v) is 4.42. The summed E-state index contributed by atoms with van der Waals surface area (Å²) >= 11 is 0. The number of pyridine rings is 1. The second-order valence-electron chi connectivity index (χ2n) is 4.42. The minimum atomic E-state index is 0.678. The summed E-state index contributed by atoms with van der Waals surface area (Å²) in [6.45, 7) is 4.64. The molecule has 1 aliphatic carbocycles. The van der Waals surface area contributed by atoms with Crippen LogP contribution in [0.5, 0.6) is 0 Å². The Balaban J connectivity index is 1.90. The third-order valence-corrected chi connectivity index (χ3v) is 3.63. The van der Waals surface area contributed by atoms with Gasteiger partial charge >= 0.3 is 0 Å². The zero-order valence-corrected chi connectivity index (χ0v) is 9.06. The molecule has 2 unspecified atom stereocenters. The van der Waals surface area contributed by atoms with E-state index in [4.69, 9.17) is 0 Å². The molecule has 0 spiro atoms. The average Bonchev–Trinajstić information content (AvgIpc) is 2.89. The van der Waals surface area contributed by atoms with Crippen LogP contribution >= 0.6 is 0 Å². The van der Waals surface area contributed by atoms with E-state index in [-0.39, 0.29) is 0 Å². The molecular weight excluding hydrogens is 184 g/mol. The molecule has 0 radical (unpaired) electrons. The lowest BCUT2D eigenvalue weighted by atomic mass is 9.99. The van der Waals surface area contributed by atoms with Crippen LogP contribution in [0.15, 0.2) is 30.5 Å². The maximum atomic E-state index is 4.44. The summed E-state index contributed by atoms with van der Waals surface area (Å²) in [6, 6.07) is 6.86. The van der Waals surface area contributed by atoms with Gasteiger partial charge in [-0.15, -0.1) is 0 Å². The van der Waals surface area contributed by atoms with E-state index in [1.165, 1.54) is 30.8 Å². The lowest BCUT2D eigenvalue weighted by molar-refractivity contribution is 0.297. The van der Waals surface area contributed by atoms with Gasteiger partial charge in [0.25, 0.3) is 0 Å². The topological polar surface area (TPSA) is 16.1 Å². The molecule has 0 amide bonds. The Hall–Kier alpha value is -1.15. The quantitative estimate of drug-likeness (QED) is 0.727. The highest BCUT2D eigenvalue weighted by molar-refractivity contribution is 5.69. The molecule has 2 aliphatic rings. The van der Waals surface area contributed by atoms with E-state index >= 15 is 0 Å². The van der Waals surface area contributed by atoms with Gasteiger partial charge in [-0.2, -0.15) is 0 Å². The molecule has 1 saturated heterocycles. The Kier molecular flexibility index (Phi) is 2.10. The monoisotopic (exact) mass is 200 g/mol. The van der Waals surface area contributed by atoms with Crippen LogP contribution in [0, 0.1) is 5.92 Å². The number of hydrogen-bond acceptors (Lipinski definition) is 2. The van der Waals surface area contributed by atoms with Crippen molar-refractivity contribution in [3.8, 4) is 0 Å². The van der Waals surface area contributed by atoms with E-state index in [9.17, 15) is 0 Å². The third kappa shape index (κ3) is 1.40. The summed E-state index contributed by atoms with van der Waals surface area (Å²) < 4.78 is 0. The van der Waals surface area contributed by atoms with Gasteiger partial charge in [-0.3, -0.25) is 9.88 Å². The Morgan fingerprint density at radius 1 is 1.47 bits per heavy atom. The van der Waals surface area contributed by atoms with Crippen molar-refractivity contribution < 1.29 is 0 Å². The molecule has 0 aromatic carbocycles. The fourth-order valence-corrected chi connectivity index (χ4v) is 2.87. The van der Waals surface area contributed by atoms with Crippen molar-refractivity contribution in [1.29, 1.82) is 0 Å². The first-order valence-corrected chi connectivity index (χ1v) is 5.75. The van der Waals surface area contributed by atoms with Crippen LogP contribution in [0.2, 0.25) is 0 Å². The molecule has 2 nitrogen and oxygen atoms in total. The number of aromatic nitrogens is 1. The first-order valence-electron chi connectivity index (χ1n) is 5.75. The highest BCUT2D eigenvalue weighted by atomic mass is 15.2. The lowest BCUT2D eigenvalue weighted by Crippen LogP contribution is -2.30. The molecule has 1 aromatic rings. The van der Waals surface area contributed by atoms with Crippen LogP contribution in [0.4, 0.5) is 0 Å². The number of fused-ring (bicyclic) bond motifs is 2. The zero-order chi connectivity index (χ0) is 10.3. The zero-order valence-electron chi connectivity index (χ0n) is 9.06. The SMILES string of the molecule is CCN1CC2CC1C=C2c1ccccn1. The number of likely N-dealkylation sites (N-methyl/N-ethyl adjacent to an activating group) is 1. The van der Waals surface area contributed by atoms with Crippen LogP contribution < -0.4 is 0 Å². The third-order valence-electron chi connectivity index (χ3n) is 3.63. The van der Waals surface area contributed by atoms with E-state index in [0.29, 0.717) is 6.04 Å². The Labute approximate surface area is 90.6 Å². The van der Waals surface area contributed by atoms with Crippen molar-refractivity contribution in [2.75, 3.05) is 13.1 Å². The normalized spacial score (nSPS) is 29.5. The van der Waals surface area contributed by atoms with Gasteiger partial charge in [0.2, 0.25) is 0 Å². The van der Waals surface area contributed by atoms with Crippen LogP contribution in [-0.4, -0.2) is 29.0 Å². The summed E-state index contributed by atoms with van der Waals surface area (Å²) in [5, 5.41) is 0. The summed E-state index contributed by atoms with van der Waals surface area (Å²) in [5.74, 6) is 0.727. The van der Waals surface area contributed by atoms with Crippen molar-refractivity contribution in [2.45, 2.75) is 19.4 Å². The van der Waals surface area contributed by atoms with Gasteiger partial charge in [-0.25, -0.2) is 0 Å². The lowest BCUT2D eigenvalue weighted by Gasteiger charge is -2.24. The van der Waals surface area contributed by atoms with Crippen molar-refractivity contribution in [2.24, 2.45) is 5.92 Å². The minimum Gasteiger partial charge on any atom is -0.297 e. The number of likely N-dealkylation sites (tertiary alicyclic amines) is 1. The molecule has 2 atom stereocenters. The van der Waals surface area contributed by atoms with E-state index in [2.05, 4.69) is 35.0 Å². The Morgan fingerprint density at radius 2 is 2.40 bits per heavy atom. The Bertz CT molecular complexity index is 383. The van der Waals surface area contributed by atoms with E-state index in [1.807, 2.05) is 12.3 Å². The molecule has 0 N–H and O–H groups in total. The molecule has 15 heavy (non-hydrogen) atoms. The Morgan fingerprint density at radius 3 is 3.00 bits per heavy atom. The molecule has 1 aliphatic heterocycles. The molecule has 1 aromatic heterocycles. The standard InChI is InChI=1S/C13H16N2/c1-2-15-9-10-7-11(15)8-12(10)13-5-3-4-6-14-13/h3-6,8,10-11H,2,7,9H2,1H3. The summed E-state index contributed by atoms with van der Waals surface area (Å²) in [4.78, 5) is 7.00. The van der Waals surface area contributed by atoms with Gasteiger partial charge < -0.3 is 0 Å². The van der Waals surface area contributed by atoms with Crippen LogP contribution in [-0.2, 0) is 0 Å². The smallest absolute Gasteiger partial charge is 0.0662 e. The predicted octanol–water partition coefficient (Wildman–Crippen LogP) is 2.19. The maximum absolute atomic E-state index is 4.44. The average molecular weight is 200 g/mol. The molecule has 0 saturated carbocycles. The molecule has 78 valence electrons. The van der Waals surface area contributed by atoms with Gasteiger partial charge in [0.05, 0.1) is 5.69 Å². The largest absolute Gasteiger partial charge is 0.297 e. The van der Waals surface area contributed by atoms with E-state index in [1.54, 1.807) is 0 Å². The highest BCUT2D eigenvalue weighted by Gasteiger charge is 2.38. The number of rotatable bonds is 2. The van der Waals surface area contributed by atoms with Gasteiger partial charge in [0, 0.05) is 24.7 Å². The number of hydrogen-bond donors (Lipinski definition) is 0. The van der Waals surface area contributed by atoms with Gasteiger partial charge in [-0.05, 0) is 30.7 Å². The van der Waals surface area contributed by atoms with Gasteiger partial charge in [-0.1, -0.05) is 19.1 Å². The fraction of sp³-hybridized carbons (Fsp3) is 0.462. The van der Waals surface area contributed by atoms with Gasteiger partial charge in [0.1, 0.15) is 0 Å². The molecule has 2 heterocycles. The predicted molar refractivity (Wildman–Crippen MR) is 61.4 cm³/mol. The maximum Gasteiger partial charge on any atom is 0.0662 e. The highest BCUT2D eigenvalue weighted by Crippen LogP contribution is 2.41. The fourth-order valence-electron chi connectivity index (χ4n) is 2.87. The summed E-state index contributed by atoms with van der Waals surface area (Å²) in [5.41, 5.74) is 2.66. The van der Waals surface area contributed by atoms with Gasteiger partial charge in [0.15, 0.2) is 0 Å². The first kappa shape index (κ1) is 9.10. The summed E-state index contributed by atoms with van der Waals surface area (Å²) in [6.07, 6.45) is 5.61. The number of nitrogens with zero attached hydrogens (tertiary/aromatic N) is 2. The van der Waals surface area contributed by atoms with Crippen molar-refractivity contribution >= 4 is 5.57 Å². The molecule has 1 fully saturated rings. The summed E-state index contributed by atoms with van der Waals surface area (Å²) in [7, 11) is 0. The molecule has 2 bridgehead atoms. The van der Waals surface area contributed by atoms with Crippen molar-refractivity contribution in [3.05, 3.63) is 36.2 Å². The molecule has 2 heteroatoms. The van der Waals surface area contributed by atoms with Crippen molar-refractivity contribution in [3.63, 3.8) is 0 Å². The van der Waals surface area contributed by atoms with Crippen molar-refractivity contribution in [1.82, 2.24) is 9.88 Å². The van der Waals surface area contributed by atoms with Crippen LogP contribution in [0.3, 0.4) is 0 Å². The van der Waals surface area contributed by atoms with E-state index in [0.717, 1.165) is 5.92 Å². The van der Waals surface area contributed by atoms with Crippen LogP contribution in [0.1, 0.15) is 19.0 Å². The van der Waals surface area contributed by atoms with Crippen LogP contribution in [0.25, 0.3) is 5.57 Å². The first-order chi connectivity index (χ1) is 7.38.